The smallest absolute Gasteiger partial charge is 0.150 e. The summed E-state index contributed by atoms with van der Waals surface area (Å²) in [7, 11) is 1.91. The highest BCUT2D eigenvalue weighted by Gasteiger charge is 2.14. The molecule has 8 heteroatoms. The van der Waals surface area contributed by atoms with E-state index < -0.39 is 5.82 Å². The van der Waals surface area contributed by atoms with Crippen molar-refractivity contribution >= 4 is 22.4 Å². The van der Waals surface area contributed by atoms with Crippen LogP contribution in [0.2, 0.25) is 0 Å². The van der Waals surface area contributed by atoms with Crippen molar-refractivity contribution in [3.63, 3.8) is 0 Å². The first-order valence-electron chi connectivity index (χ1n) is 9.23. The molecule has 1 N–H and O–H groups in total. The summed E-state index contributed by atoms with van der Waals surface area (Å²) in [6, 6.07) is 16.8. The van der Waals surface area contributed by atoms with Crippen molar-refractivity contribution in [2.75, 3.05) is 5.32 Å². The van der Waals surface area contributed by atoms with Crippen molar-refractivity contribution < 1.29 is 8.78 Å². The van der Waals surface area contributed by atoms with Crippen LogP contribution in [0, 0.1) is 11.6 Å². The van der Waals surface area contributed by atoms with Gasteiger partial charge in [-0.25, -0.2) is 23.4 Å². The highest BCUT2D eigenvalue weighted by Crippen LogP contribution is 2.30. The molecule has 0 saturated carbocycles. The number of rotatable bonds is 4. The van der Waals surface area contributed by atoms with Crippen LogP contribution >= 0.6 is 0 Å². The molecule has 30 heavy (non-hydrogen) atoms. The lowest BCUT2D eigenvalue weighted by Crippen LogP contribution is -2.00. The number of para-hydroxylation sites is 1. The molecule has 0 aliphatic heterocycles. The van der Waals surface area contributed by atoms with Crippen molar-refractivity contribution in [2.45, 2.75) is 0 Å². The van der Waals surface area contributed by atoms with E-state index in [0.29, 0.717) is 17.2 Å². The average molecular weight is 402 g/mol. The number of aryl methyl sites for hydroxylation is 1. The number of halogens is 2. The molecule has 5 rings (SSSR count). The second-order valence-corrected chi connectivity index (χ2v) is 6.81. The van der Waals surface area contributed by atoms with Gasteiger partial charge in [0, 0.05) is 18.3 Å². The molecule has 0 spiro atoms. The van der Waals surface area contributed by atoms with Gasteiger partial charge in [-0.05, 0) is 54.6 Å². The van der Waals surface area contributed by atoms with E-state index in [1.54, 1.807) is 24.3 Å². The summed E-state index contributed by atoms with van der Waals surface area (Å²) in [4.78, 5) is 8.59. The van der Waals surface area contributed by atoms with E-state index in [4.69, 9.17) is 4.98 Å². The number of aromatic nitrogens is 5. The van der Waals surface area contributed by atoms with Crippen LogP contribution in [0.4, 0.5) is 20.2 Å². The van der Waals surface area contributed by atoms with Gasteiger partial charge in [-0.1, -0.05) is 6.07 Å². The molecule has 0 atom stereocenters. The highest BCUT2D eigenvalue weighted by molar-refractivity contribution is 5.93. The van der Waals surface area contributed by atoms with Crippen molar-refractivity contribution in [1.29, 1.82) is 0 Å². The van der Waals surface area contributed by atoms with E-state index >= 15 is 0 Å². The van der Waals surface area contributed by atoms with E-state index in [1.807, 2.05) is 29.8 Å². The summed E-state index contributed by atoms with van der Waals surface area (Å²) < 4.78 is 31.2. The van der Waals surface area contributed by atoms with Crippen LogP contribution in [0.25, 0.3) is 28.1 Å². The van der Waals surface area contributed by atoms with Gasteiger partial charge >= 0.3 is 0 Å². The van der Waals surface area contributed by atoms with Crippen LogP contribution in [-0.4, -0.2) is 24.3 Å². The number of nitrogens with one attached hydrogen (secondary N) is 1. The first kappa shape index (κ1) is 18.0. The Balaban J connectivity index is 1.53. The minimum absolute atomic E-state index is 0.295. The Bertz CT molecular complexity index is 1340. The third-order valence-electron chi connectivity index (χ3n) is 4.91. The van der Waals surface area contributed by atoms with Gasteiger partial charge < -0.3 is 9.88 Å². The normalized spacial score (nSPS) is 11.2. The molecular weight excluding hydrogens is 386 g/mol. The van der Waals surface area contributed by atoms with Gasteiger partial charge in [-0.15, -0.1) is 0 Å². The van der Waals surface area contributed by atoms with Gasteiger partial charge in [0.05, 0.1) is 11.2 Å². The first-order valence-corrected chi connectivity index (χ1v) is 9.23. The number of imidazole rings is 1. The fraction of sp³-hybridized carbons (Fsp3) is 0.0455. The zero-order valence-corrected chi connectivity index (χ0v) is 15.9. The Hall–Kier alpha value is -4.07. The predicted molar refractivity (Wildman–Crippen MR) is 111 cm³/mol. The van der Waals surface area contributed by atoms with Crippen molar-refractivity contribution in [2.24, 2.45) is 7.05 Å². The van der Waals surface area contributed by atoms with Crippen LogP contribution in [0.3, 0.4) is 0 Å². The molecule has 0 fully saturated rings. The Labute approximate surface area is 170 Å². The van der Waals surface area contributed by atoms with Gasteiger partial charge in [0.1, 0.15) is 35.5 Å². The molecule has 6 nitrogen and oxygen atoms in total. The molecule has 148 valence electrons. The molecular formula is C22H16F2N6. The quantitative estimate of drug-likeness (QED) is 0.467. The third kappa shape index (κ3) is 3.08. The molecule has 0 saturated heterocycles. The number of fused-ring (bicyclic) bond motifs is 1. The van der Waals surface area contributed by atoms with Crippen LogP contribution in [-0.2, 0) is 7.05 Å². The van der Waals surface area contributed by atoms with Crippen LogP contribution < -0.4 is 5.32 Å². The Morgan fingerprint density at radius 3 is 2.53 bits per heavy atom. The van der Waals surface area contributed by atoms with E-state index in [-0.39, 0.29) is 5.82 Å². The zero-order valence-electron chi connectivity index (χ0n) is 15.9. The third-order valence-corrected chi connectivity index (χ3v) is 4.91. The molecule has 3 aromatic carbocycles. The van der Waals surface area contributed by atoms with Crippen molar-refractivity contribution in [1.82, 2.24) is 24.3 Å². The molecule has 0 unspecified atom stereocenters. The van der Waals surface area contributed by atoms with Crippen molar-refractivity contribution in [3.05, 3.63) is 85.0 Å². The van der Waals surface area contributed by atoms with Crippen LogP contribution in [0.5, 0.6) is 0 Å². The summed E-state index contributed by atoms with van der Waals surface area (Å²) in [5.74, 6) is -0.00565. The maximum Gasteiger partial charge on any atom is 0.150 e. The largest absolute Gasteiger partial charge is 0.354 e. The molecule has 2 heterocycles. The predicted octanol–water partition coefficient (Wildman–Crippen LogP) is 4.84. The summed E-state index contributed by atoms with van der Waals surface area (Å²) >= 11 is 0. The van der Waals surface area contributed by atoms with Crippen molar-refractivity contribution in [3.8, 4) is 17.1 Å². The van der Waals surface area contributed by atoms with Gasteiger partial charge in [-0.3, -0.25) is 0 Å². The molecule has 5 aromatic rings. The number of hydrogen-bond acceptors (Lipinski definition) is 4. The maximum atomic E-state index is 14.6. The van der Waals surface area contributed by atoms with E-state index in [1.165, 1.54) is 35.5 Å². The number of nitrogens with zero attached hydrogens (tertiary/aromatic N) is 5. The average Bonchev–Trinajstić information content (AvgIpc) is 3.38. The van der Waals surface area contributed by atoms with E-state index in [0.717, 1.165) is 22.3 Å². The maximum absolute atomic E-state index is 14.6. The molecule has 0 aliphatic rings. The number of benzene rings is 3. The molecule has 0 radical (unpaired) electrons. The summed E-state index contributed by atoms with van der Waals surface area (Å²) in [5, 5.41) is 7.20. The van der Waals surface area contributed by atoms with Crippen LogP contribution in [0.15, 0.2) is 73.3 Å². The SMILES string of the molecule is Cn1c(-c2ccc(F)cc2)nc2c(Nc3ccc(-n4cncn4)c(F)c3)cccc21. The lowest BCUT2D eigenvalue weighted by atomic mass is 10.2. The summed E-state index contributed by atoms with van der Waals surface area (Å²) in [6.07, 6.45) is 2.79. The minimum Gasteiger partial charge on any atom is -0.354 e. The molecule has 2 aromatic heterocycles. The van der Waals surface area contributed by atoms with Gasteiger partial charge in [0.25, 0.3) is 0 Å². The van der Waals surface area contributed by atoms with E-state index in [2.05, 4.69) is 15.4 Å². The second kappa shape index (κ2) is 7.07. The Morgan fingerprint density at radius 2 is 1.80 bits per heavy atom. The lowest BCUT2D eigenvalue weighted by Gasteiger charge is -2.09. The van der Waals surface area contributed by atoms with E-state index in [9.17, 15) is 8.78 Å². The summed E-state index contributed by atoms with van der Waals surface area (Å²) in [5.41, 5.74) is 4.08. The lowest BCUT2D eigenvalue weighted by molar-refractivity contribution is 0.611. The fourth-order valence-corrected chi connectivity index (χ4v) is 3.43. The Morgan fingerprint density at radius 1 is 0.967 bits per heavy atom. The molecule has 0 amide bonds. The molecule has 0 bridgehead atoms. The topological polar surface area (TPSA) is 60.6 Å². The van der Waals surface area contributed by atoms with Gasteiger partial charge in [-0.2, -0.15) is 5.10 Å². The fourth-order valence-electron chi connectivity index (χ4n) is 3.43. The van der Waals surface area contributed by atoms with Gasteiger partial charge in [0.2, 0.25) is 0 Å². The van der Waals surface area contributed by atoms with Gasteiger partial charge in [0.15, 0.2) is 5.82 Å². The second-order valence-electron chi connectivity index (χ2n) is 6.81. The Kier molecular flexibility index (Phi) is 4.24. The number of anilines is 2. The molecule has 0 aliphatic carbocycles. The number of hydrogen-bond donors (Lipinski definition) is 1. The standard InChI is InChI=1S/C22H16F2N6/c1-29-20-4-2-3-18(21(20)28-22(29)14-5-7-15(23)8-6-14)27-16-9-10-19(17(24)11-16)30-13-25-12-26-30/h2-13,27H,1H3. The monoisotopic (exact) mass is 402 g/mol. The van der Waals surface area contributed by atoms with Crippen LogP contribution in [0.1, 0.15) is 0 Å². The summed E-state index contributed by atoms with van der Waals surface area (Å²) in [6.45, 7) is 0. The highest BCUT2D eigenvalue weighted by atomic mass is 19.1. The zero-order chi connectivity index (χ0) is 20.7. The first-order chi connectivity index (χ1) is 14.6. The minimum atomic E-state index is -0.425.